The van der Waals surface area contributed by atoms with Gasteiger partial charge in [-0.25, -0.2) is 9.97 Å². The highest BCUT2D eigenvalue weighted by atomic mass is 35.5. The van der Waals surface area contributed by atoms with Crippen LogP contribution in [0.1, 0.15) is 0 Å². The Kier molecular flexibility index (Phi) is 2.60. The molecule has 4 nitrogen and oxygen atoms in total. The molecule has 0 fully saturated rings. The van der Waals surface area contributed by atoms with Crippen LogP contribution in [0.25, 0.3) is 11.0 Å². The maximum absolute atomic E-state index is 6.03. The van der Waals surface area contributed by atoms with Gasteiger partial charge in [-0.15, -0.1) is 0 Å². The van der Waals surface area contributed by atoms with Crippen LogP contribution >= 0.6 is 11.6 Å². The van der Waals surface area contributed by atoms with E-state index >= 15 is 0 Å². The first kappa shape index (κ1) is 9.98. The molecule has 0 radical (unpaired) electrons. The largest absolute Gasteiger partial charge is 0.481 e. The number of methoxy groups -OCH3 is 2. The Morgan fingerprint density at radius 1 is 1.07 bits per heavy atom. The molecule has 15 heavy (non-hydrogen) atoms. The van der Waals surface area contributed by atoms with E-state index in [-0.39, 0.29) is 0 Å². The van der Waals surface area contributed by atoms with Crippen LogP contribution in [0.4, 0.5) is 0 Å². The topological polar surface area (TPSA) is 44.2 Å². The molecule has 0 aliphatic heterocycles. The van der Waals surface area contributed by atoms with Crippen LogP contribution < -0.4 is 9.47 Å². The zero-order valence-electron chi connectivity index (χ0n) is 8.32. The summed E-state index contributed by atoms with van der Waals surface area (Å²) < 4.78 is 10.0. The third kappa shape index (κ3) is 1.80. The lowest BCUT2D eigenvalue weighted by atomic mass is 10.3. The summed E-state index contributed by atoms with van der Waals surface area (Å²) in [5.74, 6) is 0.982. The van der Waals surface area contributed by atoms with Crippen molar-refractivity contribution in [3.8, 4) is 11.8 Å². The van der Waals surface area contributed by atoms with Gasteiger partial charge in [0.1, 0.15) is 5.52 Å². The minimum absolute atomic E-state index is 0.472. The standard InChI is InChI=1S/C10H9ClN2O2/c1-14-8-4-3-7-10(13-8)6(11)5-9(12-7)15-2/h3-5H,1-2H3. The highest BCUT2D eigenvalue weighted by Gasteiger charge is 2.06. The Bertz CT molecular complexity index is 502. The second-order valence-electron chi connectivity index (χ2n) is 2.87. The first-order chi connectivity index (χ1) is 7.24. The van der Waals surface area contributed by atoms with Gasteiger partial charge < -0.3 is 9.47 Å². The summed E-state index contributed by atoms with van der Waals surface area (Å²) in [6, 6.07) is 5.14. The third-order valence-electron chi connectivity index (χ3n) is 1.97. The summed E-state index contributed by atoms with van der Waals surface area (Å²) in [4.78, 5) is 8.40. The molecule has 2 rings (SSSR count). The van der Waals surface area contributed by atoms with Crippen molar-refractivity contribution in [2.24, 2.45) is 0 Å². The van der Waals surface area contributed by atoms with E-state index in [2.05, 4.69) is 9.97 Å². The van der Waals surface area contributed by atoms with Gasteiger partial charge in [0.15, 0.2) is 0 Å². The molecule has 0 N–H and O–H groups in total. The molecule has 5 heteroatoms. The number of ether oxygens (including phenoxy) is 2. The maximum atomic E-state index is 6.03. The van der Waals surface area contributed by atoms with Crippen molar-refractivity contribution in [1.82, 2.24) is 9.97 Å². The summed E-state index contributed by atoms with van der Waals surface area (Å²) in [5.41, 5.74) is 1.29. The highest BCUT2D eigenvalue weighted by Crippen LogP contribution is 2.26. The van der Waals surface area contributed by atoms with Crippen LogP contribution in [-0.2, 0) is 0 Å². The van der Waals surface area contributed by atoms with Crippen LogP contribution in [0.5, 0.6) is 11.8 Å². The smallest absolute Gasteiger partial charge is 0.215 e. The van der Waals surface area contributed by atoms with E-state index in [9.17, 15) is 0 Å². The number of hydrogen-bond donors (Lipinski definition) is 0. The van der Waals surface area contributed by atoms with Gasteiger partial charge in [-0.1, -0.05) is 11.6 Å². The predicted molar refractivity (Wildman–Crippen MR) is 57.7 cm³/mol. The van der Waals surface area contributed by atoms with Gasteiger partial charge in [-0.05, 0) is 6.07 Å². The molecular weight excluding hydrogens is 216 g/mol. The van der Waals surface area contributed by atoms with Crippen LogP contribution in [0, 0.1) is 0 Å². The zero-order chi connectivity index (χ0) is 10.8. The predicted octanol–water partition coefficient (Wildman–Crippen LogP) is 2.30. The lowest BCUT2D eigenvalue weighted by molar-refractivity contribution is 0.397. The number of fused-ring (bicyclic) bond motifs is 1. The van der Waals surface area contributed by atoms with Gasteiger partial charge in [0.2, 0.25) is 11.8 Å². The van der Waals surface area contributed by atoms with Gasteiger partial charge in [0, 0.05) is 12.1 Å². The fraction of sp³-hybridized carbons (Fsp3) is 0.200. The maximum Gasteiger partial charge on any atom is 0.215 e. The van der Waals surface area contributed by atoms with E-state index < -0.39 is 0 Å². The molecule has 0 aliphatic carbocycles. The fourth-order valence-electron chi connectivity index (χ4n) is 1.25. The summed E-state index contributed by atoms with van der Waals surface area (Å²) in [5, 5.41) is 0.496. The molecule has 2 aromatic rings. The van der Waals surface area contributed by atoms with Gasteiger partial charge in [0.25, 0.3) is 0 Å². The number of rotatable bonds is 2. The molecule has 78 valence electrons. The molecule has 0 atom stereocenters. The van der Waals surface area contributed by atoms with Crippen molar-refractivity contribution < 1.29 is 9.47 Å². The molecule has 0 saturated heterocycles. The average Bonchev–Trinajstić information content (AvgIpc) is 2.28. The Morgan fingerprint density at radius 2 is 1.80 bits per heavy atom. The molecule has 0 spiro atoms. The van der Waals surface area contributed by atoms with Crippen LogP contribution in [0.3, 0.4) is 0 Å². The van der Waals surface area contributed by atoms with Gasteiger partial charge in [-0.2, -0.15) is 0 Å². The third-order valence-corrected chi connectivity index (χ3v) is 2.26. The van der Waals surface area contributed by atoms with E-state index in [0.29, 0.717) is 27.8 Å². The van der Waals surface area contributed by atoms with E-state index in [1.54, 1.807) is 32.4 Å². The first-order valence-corrected chi connectivity index (χ1v) is 4.67. The normalized spacial score (nSPS) is 10.3. The van der Waals surface area contributed by atoms with Crippen molar-refractivity contribution in [2.75, 3.05) is 14.2 Å². The van der Waals surface area contributed by atoms with E-state index in [1.807, 2.05) is 0 Å². The Hall–Kier alpha value is -1.55. The fourth-order valence-corrected chi connectivity index (χ4v) is 1.48. The minimum Gasteiger partial charge on any atom is -0.481 e. The summed E-state index contributed by atoms with van der Waals surface area (Å²) in [7, 11) is 3.10. The van der Waals surface area contributed by atoms with Crippen molar-refractivity contribution >= 4 is 22.6 Å². The molecule has 0 aliphatic rings. The van der Waals surface area contributed by atoms with Crippen LogP contribution in [-0.4, -0.2) is 24.2 Å². The summed E-state index contributed by atoms with van der Waals surface area (Å²) in [6.07, 6.45) is 0. The molecule has 0 amide bonds. The van der Waals surface area contributed by atoms with Crippen LogP contribution in [0.15, 0.2) is 18.2 Å². The first-order valence-electron chi connectivity index (χ1n) is 4.30. The summed E-state index contributed by atoms with van der Waals surface area (Å²) >= 11 is 6.03. The highest BCUT2D eigenvalue weighted by molar-refractivity contribution is 6.35. The van der Waals surface area contributed by atoms with Gasteiger partial charge in [-0.3, -0.25) is 0 Å². The van der Waals surface area contributed by atoms with Gasteiger partial charge >= 0.3 is 0 Å². The number of halogens is 1. The molecule has 0 saturated carbocycles. The number of aromatic nitrogens is 2. The second kappa shape index (κ2) is 3.90. The average molecular weight is 225 g/mol. The van der Waals surface area contributed by atoms with Crippen molar-refractivity contribution in [3.63, 3.8) is 0 Å². The second-order valence-corrected chi connectivity index (χ2v) is 3.27. The lowest BCUT2D eigenvalue weighted by Gasteiger charge is -2.04. The Balaban J connectivity index is 2.68. The molecular formula is C10H9ClN2O2. The lowest BCUT2D eigenvalue weighted by Crippen LogP contribution is -1.92. The number of hydrogen-bond acceptors (Lipinski definition) is 4. The van der Waals surface area contributed by atoms with Crippen LogP contribution in [0.2, 0.25) is 5.02 Å². The van der Waals surface area contributed by atoms with E-state index in [1.165, 1.54) is 0 Å². The SMILES string of the molecule is COc1cc(Cl)c2nc(OC)ccc2n1. The van der Waals surface area contributed by atoms with E-state index in [0.717, 1.165) is 0 Å². The Morgan fingerprint density at radius 3 is 2.47 bits per heavy atom. The number of nitrogens with zero attached hydrogens (tertiary/aromatic N) is 2. The zero-order valence-corrected chi connectivity index (χ0v) is 9.08. The molecule has 0 unspecified atom stereocenters. The van der Waals surface area contributed by atoms with E-state index in [4.69, 9.17) is 21.1 Å². The summed E-state index contributed by atoms with van der Waals surface area (Å²) in [6.45, 7) is 0. The van der Waals surface area contributed by atoms with Gasteiger partial charge in [0.05, 0.1) is 24.8 Å². The quantitative estimate of drug-likeness (QED) is 0.785. The minimum atomic E-state index is 0.472. The molecule has 0 aromatic carbocycles. The molecule has 0 bridgehead atoms. The van der Waals surface area contributed by atoms with Crippen molar-refractivity contribution in [3.05, 3.63) is 23.2 Å². The monoisotopic (exact) mass is 224 g/mol. The van der Waals surface area contributed by atoms with Crippen molar-refractivity contribution in [1.29, 1.82) is 0 Å². The van der Waals surface area contributed by atoms with Crippen molar-refractivity contribution in [2.45, 2.75) is 0 Å². The molecule has 2 aromatic heterocycles. The number of pyridine rings is 2. The Labute approximate surface area is 91.8 Å². The molecule has 2 heterocycles.